The van der Waals surface area contributed by atoms with Crippen LogP contribution in [0.4, 0.5) is 5.69 Å². The molecular weight excluding hydrogens is 314 g/mol. The molecule has 5 heteroatoms. The lowest BCUT2D eigenvalue weighted by Gasteiger charge is -2.50. The maximum Gasteiger partial charge on any atom is 0.251 e. The number of nitrogens with zero attached hydrogens (tertiary/aromatic N) is 2. The van der Waals surface area contributed by atoms with E-state index in [9.17, 15) is 4.79 Å². The highest BCUT2D eigenvalue weighted by atomic mass is 16.5. The Labute approximate surface area is 150 Å². The number of carbonyl (C=O) groups excluding carboxylic acids is 1. The van der Waals surface area contributed by atoms with Gasteiger partial charge in [-0.2, -0.15) is 0 Å². The number of benzene rings is 1. The van der Waals surface area contributed by atoms with Gasteiger partial charge in [0.2, 0.25) is 0 Å². The van der Waals surface area contributed by atoms with Crippen LogP contribution in [0.25, 0.3) is 0 Å². The number of piperidine rings is 1. The summed E-state index contributed by atoms with van der Waals surface area (Å²) in [7, 11) is 4.13. The van der Waals surface area contributed by atoms with Gasteiger partial charge in [0, 0.05) is 36.9 Å². The monoisotopic (exact) mass is 343 g/mol. The van der Waals surface area contributed by atoms with Crippen LogP contribution in [-0.4, -0.2) is 62.8 Å². The Morgan fingerprint density at radius 1 is 1.16 bits per heavy atom. The third-order valence-electron chi connectivity index (χ3n) is 6.09. The van der Waals surface area contributed by atoms with Gasteiger partial charge in [0.05, 0.1) is 18.2 Å². The van der Waals surface area contributed by atoms with Crippen LogP contribution in [0.5, 0.6) is 0 Å². The van der Waals surface area contributed by atoms with E-state index in [4.69, 9.17) is 4.74 Å². The van der Waals surface area contributed by atoms with E-state index in [1.807, 2.05) is 12.1 Å². The second-order valence-corrected chi connectivity index (χ2v) is 7.84. The van der Waals surface area contributed by atoms with Crippen LogP contribution in [0.2, 0.25) is 0 Å². The Morgan fingerprint density at radius 2 is 1.88 bits per heavy atom. The number of fused-ring (bicyclic) bond motifs is 1. The van der Waals surface area contributed by atoms with Crippen molar-refractivity contribution in [3.8, 4) is 0 Å². The van der Waals surface area contributed by atoms with Crippen molar-refractivity contribution in [3.63, 3.8) is 0 Å². The van der Waals surface area contributed by atoms with Crippen molar-refractivity contribution in [1.29, 1.82) is 0 Å². The summed E-state index contributed by atoms with van der Waals surface area (Å²) in [4.78, 5) is 17.3. The van der Waals surface area contributed by atoms with Gasteiger partial charge in [-0.25, -0.2) is 0 Å². The highest BCUT2D eigenvalue weighted by Gasteiger charge is 2.55. The number of likely N-dealkylation sites (N-methyl/N-ethyl adjacent to an activating group) is 1. The molecule has 3 fully saturated rings. The molecule has 0 radical (unpaired) electrons. The van der Waals surface area contributed by atoms with E-state index >= 15 is 0 Å². The van der Waals surface area contributed by atoms with Crippen LogP contribution >= 0.6 is 0 Å². The predicted octanol–water partition coefficient (Wildman–Crippen LogP) is 2.12. The second kappa shape index (κ2) is 6.96. The zero-order valence-electron chi connectivity index (χ0n) is 15.3. The molecule has 1 aromatic carbocycles. The molecule has 1 N–H and O–H groups in total. The van der Waals surface area contributed by atoms with Crippen molar-refractivity contribution in [1.82, 2.24) is 10.2 Å². The number of hydrogen-bond acceptors (Lipinski definition) is 4. The molecular formula is C20H29N3O2. The Hall–Kier alpha value is -1.59. The van der Waals surface area contributed by atoms with Crippen LogP contribution in [0.3, 0.4) is 0 Å². The molecule has 1 aromatic rings. The summed E-state index contributed by atoms with van der Waals surface area (Å²) < 4.78 is 5.83. The minimum Gasteiger partial charge on any atom is -0.376 e. The van der Waals surface area contributed by atoms with Crippen molar-refractivity contribution < 1.29 is 9.53 Å². The van der Waals surface area contributed by atoms with Gasteiger partial charge in [-0.05, 0) is 64.0 Å². The fourth-order valence-electron chi connectivity index (χ4n) is 4.69. The van der Waals surface area contributed by atoms with Gasteiger partial charge < -0.3 is 19.9 Å². The lowest BCUT2D eigenvalue weighted by molar-refractivity contribution is -0.0664. The highest BCUT2D eigenvalue weighted by Crippen LogP contribution is 2.41. The summed E-state index contributed by atoms with van der Waals surface area (Å²) >= 11 is 0. The molecule has 0 unspecified atom stereocenters. The standard InChI is InChI=1S/C20H29N3O2/c1-22(2)18-17(16-10-13-25-19(16)18)21-20(24)14-6-8-15(9-7-14)23-11-4-3-5-12-23/h6-9,16-19H,3-5,10-13H2,1-2H3,(H,21,24)/t16-,17+,18-,19-/m1/s1. The molecule has 4 atom stereocenters. The molecule has 1 aliphatic carbocycles. The zero-order chi connectivity index (χ0) is 17.4. The van der Waals surface area contributed by atoms with Crippen molar-refractivity contribution in [3.05, 3.63) is 29.8 Å². The lowest BCUT2D eigenvalue weighted by atomic mass is 9.71. The van der Waals surface area contributed by atoms with E-state index in [1.165, 1.54) is 24.9 Å². The fourth-order valence-corrected chi connectivity index (χ4v) is 4.69. The molecule has 1 saturated carbocycles. The van der Waals surface area contributed by atoms with E-state index < -0.39 is 0 Å². The normalized spacial score (nSPS) is 31.6. The smallest absolute Gasteiger partial charge is 0.251 e. The summed E-state index contributed by atoms with van der Waals surface area (Å²) in [6, 6.07) is 8.58. The molecule has 0 spiro atoms. The van der Waals surface area contributed by atoms with E-state index in [-0.39, 0.29) is 24.1 Å². The van der Waals surface area contributed by atoms with Crippen LogP contribution < -0.4 is 10.2 Å². The maximum atomic E-state index is 12.7. The molecule has 1 amide bonds. The second-order valence-electron chi connectivity index (χ2n) is 7.84. The summed E-state index contributed by atoms with van der Waals surface area (Å²) in [6.45, 7) is 3.07. The SMILES string of the molecule is CN(C)[C@@H]1[C@@H](NC(=O)c2ccc(N3CCCCC3)cc2)[C@H]2CCO[C@H]21. The Balaban J connectivity index is 1.40. The van der Waals surface area contributed by atoms with Gasteiger partial charge in [-0.15, -0.1) is 0 Å². The summed E-state index contributed by atoms with van der Waals surface area (Å²) in [6.07, 6.45) is 5.19. The molecule has 2 heterocycles. The minimum absolute atomic E-state index is 0.0346. The van der Waals surface area contributed by atoms with Crippen LogP contribution in [0.15, 0.2) is 24.3 Å². The van der Waals surface area contributed by atoms with E-state index in [2.05, 4.69) is 41.3 Å². The predicted molar refractivity (Wildman–Crippen MR) is 99.1 cm³/mol. The first kappa shape index (κ1) is 16.9. The van der Waals surface area contributed by atoms with Crippen molar-refractivity contribution in [2.24, 2.45) is 5.92 Å². The number of amides is 1. The third kappa shape index (κ3) is 3.15. The quantitative estimate of drug-likeness (QED) is 0.910. The molecule has 4 rings (SSSR count). The van der Waals surface area contributed by atoms with E-state index in [1.54, 1.807) is 0 Å². The molecule has 0 bridgehead atoms. The summed E-state index contributed by atoms with van der Waals surface area (Å²) in [5.74, 6) is 0.497. The number of hydrogen-bond donors (Lipinski definition) is 1. The number of nitrogens with one attached hydrogen (secondary N) is 1. The Morgan fingerprint density at radius 3 is 2.56 bits per heavy atom. The first-order chi connectivity index (χ1) is 12.1. The van der Waals surface area contributed by atoms with Gasteiger partial charge in [0.1, 0.15) is 0 Å². The third-order valence-corrected chi connectivity index (χ3v) is 6.09. The number of carbonyl (C=O) groups is 1. The number of anilines is 1. The summed E-state index contributed by atoms with van der Waals surface area (Å²) in [5.41, 5.74) is 1.98. The molecule has 5 nitrogen and oxygen atoms in total. The highest BCUT2D eigenvalue weighted by molar-refractivity contribution is 5.95. The van der Waals surface area contributed by atoms with Gasteiger partial charge in [0.15, 0.2) is 0 Å². The zero-order valence-corrected chi connectivity index (χ0v) is 15.3. The average molecular weight is 343 g/mol. The largest absolute Gasteiger partial charge is 0.376 e. The maximum absolute atomic E-state index is 12.7. The summed E-state index contributed by atoms with van der Waals surface area (Å²) in [5, 5.41) is 3.26. The first-order valence-electron chi connectivity index (χ1n) is 9.59. The van der Waals surface area contributed by atoms with Gasteiger partial charge in [-0.1, -0.05) is 0 Å². The minimum atomic E-state index is 0.0346. The van der Waals surface area contributed by atoms with Gasteiger partial charge in [0.25, 0.3) is 5.91 Å². The average Bonchev–Trinajstić information content (AvgIpc) is 3.03. The van der Waals surface area contributed by atoms with Crippen LogP contribution in [0.1, 0.15) is 36.0 Å². The van der Waals surface area contributed by atoms with E-state index in [0.717, 1.165) is 31.7 Å². The first-order valence-corrected chi connectivity index (χ1v) is 9.59. The molecule has 136 valence electrons. The van der Waals surface area contributed by atoms with Crippen LogP contribution in [0, 0.1) is 5.92 Å². The van der Waals surface area contributed by atoms with Crippen molar-refractivity contribution in [2.75, 3.05) is 38.7 Å². The molecule has 25 heavy (non-hydrogen) atoms. The van der Waals surface area contributed by atoms with Crippen LogP contribution in [-0.2, 0) is 4.74 Å². The Kier molecular flexibility index (Phi) is 4.69. The molecule has 0 aromatic heterocycles. The van der Waals surface area contributed by atoms with Crippen molar-refractivity contribution >= 4 is 11.6 Å². The fraction of sp³-hybridized carbons (Fsp3) is 0.650. The van der Waals surface area contributed by atoms with E-state index in [0.29, 0.717) is 5.92 Å². The van der Waals surface area contributed by atoms with Gasteiger partial charge in [-0.3, -0.25) is 4.79 Å². The van der Waals surface area contributed by atoms with Gasteiger partial charge >= 0.3 is 0 Å². The Bertz CT molecular complexity index is 610. The molecule has 2 saturated heterocycles. The lowest BCUT2D eigenvalue weighted by Crippen LogP contribution is -2.69. The van der Waals surface area contributed by atoms with Crippen molar-refractivity contribution in [2.45, 2.75) is 43.9 Å². The number of rotatable bonds is 4. The molecule has 2 aliphatic heterocycles. The molecule has 3 aliphatic rings. The topological polar surface area (TPSA) is 44.8 Å². The number of ether oxygens (including phenoxy) is 1.